The Morgan fingerprint density at radius 2 is 1.95 bits per heavy atom. The number of rotatable bonds is 2. The molecule has 2 aromatic rings. The fraction of sp³-hybridized carbons (Fsp3) is 0.0667. The first-order valence-electron chi connectivity index (χ1n) is 5.76. The molecular weight excluding hydrogens is 384 g/mol. The normalized spacial score (nSPS) is 9.90. The van der Waals surface area contributed by atoms with Crippen LogP contribution in [0.25, 0.3) is 0 Å². The molecule has 1 amide bonds. The third-order valence-corrected chi connectivity index (χ3v) is 3.98. The maximum absolute atomic E-state index is 12.5. The summed E-state index contributed by atoms with van der Waals surface area (Å²) in [5.74, 6) is -0.139. The molecule has 0 radical (unpaired) electrons. The van der Waals surface area contributed by atoms with Crippen LogP contribution < -0.4 is 4.90 Å². The summed E-state index contributed by atoms with van der Waals surface area (Å²) in [5.41, 5.74) is 1.78. The van der Waals surface area contributed by atoms with Crippen LogP contribution in [0.3, 0.4) is 0 Å². The molecule has 0 saturated carbocycles. The first kappa shape index (κ1) is 14.8. The zero-order valence-electron chi connectivity index (χ0n) is 10.6. The highest BCUT2D eigenvalue weighted by Crippen LogP contribution is 2.25. The Balaban J connectivity index is 2.35. The van der Waals surface area contributed by atoms with Crippen molar-refractivity contribution in [3.8, 4) is 6.07 Å². The van der Waals surface area contributed by atoms with Gasteiger partial charge in [-0.15, -0.1) is 0 Å². The third-order valence-electron chi connectivity index (χ3n) is 2.83. The van der Waals surface area contributed by atoms with E-state index in [1.807, 2.05) is 12.1 Å². The molecule has 0 saturated heterocycles. The molecule has 3 nitrogen and oxygen atoms in total. The molecule has 0 aliphatic rings. The largest absolute Gasteiger partial charge is 0.311 e. The van der Waals surface area contributed by atoms with Gasteiger partial charge in [-0.25, -0.2) is 0 Å². The molecule has 2 aromatic carbocycles. The van der Waals surface area contributed by atoms with E-state index in [1.54, 1.807) is 37.4 Å². The Morgan fingerprint density at radius 3 is 2.60 bits per heavy atom. The Morgan fingerprint density at radius 1 is 1.20 bits per heavy atom. The second-order valence-electron chi connectivity index (χ2n) is 4.15. The first-order chi connectivity index (χ1) is 9.52. The van der Waals surface area contributed by atoms with Crippen molar-refractivity contribution in [2.24, 2.45) is 0 Å². The van der Waals surface area contributed by atoms with Gasteiger partial charge in [0.15, 0.2) is 0 Å². The maximum Gasteiger partial charge on any atom is 0.259 e. The Kier molecular flexibility index (Phi) is 4.58. The predicted octanol–water partition coefficient (Wildman–Crippen LogP) is 4.36. The van der Waals surface area contributed by atoms with Gasteiger partial charge in [-0.05, 0) is 52.3 Å². The van der Waals surface area contributed by atoms with Crippen LogP contribution in [0.4, 0.5) is 5.69 Å². The van der Waals surface area contributed by atoms with Crippen LogP contribution in [-0.4, -0.2) is 13.0 Å². The van der Waals surface area contributed by atoms with Gasteiger partial charge in [0.2, 0.25) is 0 Å². The fourth-order valence-electron chi connectivity index (χ4n) is 1.74. The number of carbonyl (C=O) groups is 1. The Hall–Kier alpha value is -1.64. The molecule has 100 valence electrons. The molecule has 0 N–H and O–H groups in total. The number of amides is 1. The van der Waals surface area contributed by atoms with Crippen molar-refractivity contribution < 1.29 is 4.79 Å². The minimum atomic E-state index is -0.139. The van der Waals surface area contributed by atoms with Crippen LogP contribution in [0.5, 0.6) is 0 Å². The molecule has 5 heteroatoms. The summed E-state index contributed by atoms with van der Waals surface area (Å²) in [4.78, 5) is 14.0. The van der Waals surface area contributed by atoms with Crippen LogP contribution in [0.2, 0.25) is 0 Å². The molecule has 0 spiro atoms. The van der Waals surface area contributed by atoms with Gasteiger partial charge in [-0.2, -0.15) is 5.26 Å². The Bertz CT molecular complexity index is 707. The van der Waals surface area contributed by atoms with E-state index < -0.39 is 0 Å². The van der Waals surface area contributed by atoms with E-state index >= 15 is 0 Å². The van der Waals surface area contributed by atoms with E-state index in [0.29, 0.717) is 16.8 Å². The van der Waals surface area contributed by atoms with Gasteiger partial charge in [0.1, 0.15) is 0 Å². The van der Waals surface area contributed by atoms with Crippen molar-refractivity contribution in [2.75, 3.05) is 11.9 Å². The SMILES string of the molecule is CN(C(=O)c1ccc(Br)cc1Br)c1cccc(C#N)c1. The van der Waals surface area contributed by atoms with Crippen molar-refractivity contribution in [2.45, 2.75) is 0 Å². The summed E-state index contributed by atoms with van der Waals surface area (Å²) >= 11 is 6.74. The second-order valence-corrected chi connectivity index (χ2v) is 5.92. The summed E-state index contributed by atoms with van der Waals surface area (Å²) in [6, 6.07) is 14.4. The van der Waals surface area contributed by atoms with Gasteiger partial charge in [0.25, 0.3) is 5.91 Å². The van der Waals surface area contributed by atoms with Crippen molar-refractivity contribution in [1.82, 2.24) is 0 Å². The van der Waals surface area contributed by atoms with Gasteiger partial charge in [0.05, 0.1) is 17.2 Å². The first-order valence-corrected chi connectivity index (χ1v) is 7.35. The van der Waals surface area contributed by atoms with Gasteiger partial charge in [0, 0.05) is 21.7 Å². The lowest BCUT2D eigenvalue weighted by Gasteiger charge is -2.18. The number of hydrogen-bond donors (Lipinski definition) is 0. The minimum absolute atomic E-state index is 0.139. The molecule has 20 heavy (non-hydrogen) atoms. The molecule has 0 fully saturated rings. The monoisotopic (exact) mass is 392 g/mol. The predicted molar refractivity (Wildman–Crippen MR) is 85.7 cm³/mol. The number of hydrogen-bond acceptors (Lipinski definition) is 2. The number of halogens is 2. The van der Waals surface area contributed by atoms with E-state index in [0.717, 1.165) is 8.95 Å². The summed E-state index contributed by atoms with van der Waals surface area (Å²) < 4.78 is 1.62. The van der Waals surface area contributed by atoms with Crippen LogP contribution in [0.15, 0.2) is 51.4 Å². The number of carbonyl (C=O) groups excluding carboxylic acids is 1. The molecule has 0 aliphatic carbocycles. The van der Waals surface area contributed by atoms with Gasteiger partial charge >= 0.3 is 0 Å². The summed E-state index contributed by atoms with van der Waals surface area (Å²) in [6.45, 7) is 0. The highest BCUT2D eigenvalue weighted by atomic mass is 79.9. The molecule has 0 aliphatic heterocycles. The van der Waals surface area contributed by atoms with Gasteiger partial charge in [-0.1, -0.05) is 22.0 Å². The average molecular weight is 394 g/mol. The molecule has 0 aromatic heterocycles. The highest BCUT2D eigenvalue weighted by Gasteiger charge is 2.16. The van der Waals surface area contributed by atoms with Crippen LogP contribution >= 0.6 is 31.9 Å². The van der Waals surface area contributed by atoms with Crippen LogP contribution in [-0.2, 0) is 0 Å². The number of nitriles is 1. The molecule has 0 bridgehead atoms. The van der Waals surface area contributed by atoms with Crippen LogP contribution in [0.1, 0.15) is 15.9 Å². The average Bonchev–Trinajstić information content (AvgIpc) is 2.46. The third kappa shape index (κ3) is 3.09. The number of benzene rings is 2. The van der Waals surface area contributed by atoms with Crippen molar-refractivity contribution in [3.63, 3.8) is 0 Å². The summed E-state index contributed by atoms with van der Waals surface area (Å²) in [5, 5.41) is 8.91. The number of anilines is 1. The molecule has 0 heterocycles. The lowest BCUT2D eigenvalue weighted by molar-refractivity contribution is 0.0992. The lowest BCUT2D eigenvalue weighted by atomic mass is 10.1. The highest BCUT2D eigenvalue weighted by molar-refractivity contribution is 9.11. The van der Waals surface area contributed by atoms with Gasteiger partial charge < -0.3 is 4.90 Å². The number of nitrogens with zero attached hydrogens (tertiary/aromatic N) is 2. The standard InChI is InChI=1S/C15H10Br2N2O/c1-19(12-4-2-3-10(7-12)9-18)15(20)13-6-5-11(16)8-14(13)17/h2-8H,1H3. The van der Waals surface area contributed by atoms with Crippen molar-refractivity contribution >= 4 is 43.5 Å². The topological polar surface area (TPSA) is 44.1 Å². The molecule has 2 rings (SSSR count). The van der Waals surface area contributed by atoms with Gasteiger partial charge in [-0.3, -0.25) is 4.79 Å². The summed E-state index contributed by atoms with van der Waals surface area (Å²) in [7, 11) is 1.69. The Labute approximate surface area is 134 Å². The van der Waals surface area contributed by atoms with E-state index in [1.165, 1.54) is 4.90 Å². The maximum atomic E-state index is 12.5. The molecule has 0 atom stereocenters. The van der Waals surface area contributed by atoms with E-state index in [4.69, 9.17) is 5.26 Å². The van der Waals surface area contributed by atoms with E-state index in [2.05, 4.69) is 37.9 Å². The molecular formula is C15H10Br2N2O. The zero-order chi connectivity index (χ0) is 14.7. The van der Waals surface area contributed by atoms with Crippen LogP contribution in [0, 0.1) is 11.3 Å². The van der Waals surface area contributed by atoms with Crippen molar-refractivity contribution in [1.29, 1.82) is 5.26 Å². The van der Waals surface area contributed by atoms with Crippen molar-refractivity contribution in [3.05, 3.63) is 62.5 Å². The summed E-state index contributed by atoms with van der Waals surface area (Å²) in [6.07, 6.45) is 0. The fourth-order valence-corrected chi connectivity index (χ4v) is 2.96. The molecule has 0 unspecified atom stereocenters. The zero-order valence-corrected chi connectivity index (χ0v) is 13.8. The minimum Gasteiger partial charge on any atom is -0.311 e. The van der Waals surface area contributed by atoms with E-state index in [-0.39, 0.29) is 5.91 Å². The van der Waals surface area contributed by atoms with E-state index in [9.17, 15) is 4.79 Å². The second kappa shape index (κ2) is 6.21. The quantitative estimate of drug-likeness (QED) is 0.760. The smallest absolute Gasteiger partial charge is 0.259 e. The lowest BCUT2D eigenvalue weighted by Crippen LogP contribution is -2.26.